The number of rotatable bonds is 3. The Morgan fingerprint density at radius 1 is 1.50 bits per heavy atom. The van der Waals surface area contributed by atoms with Crippen molar-refractivity contribution in [3.8, 4) is 0 Å². The standard InChI is InChI=1S/C13H18N4O/c14-11(6-10-7-18-4-3-15-10)9-1-2-12-13(5-9)17-8-16-12/h1-2,5,8,10-11,15H,3-4,6-7,14H2,(H,16,17). The summed E-state index contributed by atoms with van der Waals surface area (Å²) in [5.41, 5.74) is 9.41. The van der Waals surface area contributed by atoms with Gasteiger partial charge in [0, 0.05) is 18.6 Å². The normalized spacial score (nSPS) is 22.2. The van der Waals surface area contributed by atoms with Gasteiger partial charge in [-0.3, -0.25) is 0 Å². The van der Waals surface area contributed by atoms with E-state index in [2.05, 4.69) is 27.4 Å². The van der Waals surface area contributed by atoms with Crippen molar-refractivity contribution >= 4 is 11.0 Å². The van der Waals surface area contributed by atoms with Gasteiger partial charge in [-0.15, -0.1) is 0 Å². The minimum absolute atomic E-state index is 0.0249. The maximum absolute atomic E-state index is 6.26. The molecule has 2 unspecified atom stereocenters. The molecule has 0 aliphatic carbocycles. The Bertz CT molecular complexity index is 518. The quantitative estimate of drug-likeness (QED) is 0.753. The number of aromatic nitrogens is 2. The van der Waals surface area contributed by atoms with Crippen molar-refractivity contribution in [3.63, 3.8) is 0 Å². The molecular weight excluding hydrogens is 228 g/mol. The fraction of sp³-hybridized carbons (Fsp3) is 0.462. The van der Waals surface area contributed by atoms with Crippen LogP contribution in [0, 0.1) is 0 Å². The Balaban J connectivity index is 1.72. The molecule has 5 heteroatoms. The Kier molecular flexibility index (Phi) is 3.27. The molecule has 1 aromatic carbocycles. The molecule has 1 aliphatic heterocycles. The second-order valence-electron chi connectivity index (χ2n) is 4.75. The molecule has 0 bridgehead atoms. The van der Waals surface area contributed by atoms with E-state index in [-0.39, 0.29) is 6.04 Å². The molecule has 96 valence electrons. The van der Waals surface area contributed by atoms with Crippen LogP contribution in [0.1, 0.15) is 18.0 Å². The molecule has 1 aliphatic rings. The number of imidazole rings is 1. The van der Waals surface area contributed by atoms with Gasteiger partial charge in [-0.25, -0.2) is 4.98 Å². The van der Waals surface area contributed by atoms with Crippen molar-refractivity contribution in [2.24, 2.45) is 5.73 Å². The number of fused-ring (bicyclic) bond motifs is 1. The zero-order valence-corrected chi connectivity index (χ0v) is 10.2. The Hall–Kier alpha value is -1.43. The molecule has 0 radical (unpaired) electrons. The molecule has 0 spiro atoms. The molecule has 3 rings (SSSR count). The lowest BCUT2D eigenvalue weighted by Crippen LogP contribution is -2.42. The second-order valence-corrected chi connectivity index (χ2v) is 4.75. The third-order valence-electron chi connectivity index (χ3n) is 3.41. The highest BCUT2D eigenvalue weighted by molar-refractivity contribution is 5.75. The van der Waals surface area contributed by atoms with Gasteiger partial charge < -0.3 is 20.8 Å². The smallest absolute Gasteiger partial charge is 0.0931 e. The summed E-state index contributed by atoms with van der Waals surface area (Å²) >= 11 is 0. The van der Waals surface area contributed by atoms with Crippen molar-refractivity contribution in [3.05, 3.63) is 30.1 Å². The van der Waals surface area contributed by atoms with Gasteiger partial charge in [0.1, 0.15) is 0 Å². The summed E-state index contributed by atoms with van der Waals surface area (Å²) in [5.74, 6) is 0. The number of aromatic amines is 1. The third-order valence-corrected chi connectivity index (χ3v) is 3.41. The number of benzene rings is 1. The van der Waals surface area contributed by atoms with E-state index in [0.717, 1.165) is 42.8 Å². The van der Waals surface area contributed by atoms with Gasteiger partial charge in [0.2, 0.25) is 0 Å². The summed E-state index contributed by atoms with van der Waals surface area (Å²) in [6.45, 7) is 2.46. The molecule has 2 aromatic rings. The first-order chi connectivity index (χ1) is 8.83. The number of hydrogen-bond donors (Lipinski definition) is 3. The van der Waals surface area contributed by atoms with E-state index in [1.165, 1.54) is 0 Å². The van der Waals surface area contributed by atoms with Gasteiger partial charge in [-0.05, 0) is 24.1 Å². The van der Waals surface area contributed by atoms with Crippen LogP contribution in [0.25, 0.3) is 11.0 Å². The van der Waals surface area contributed by atoms with Crippen LogP contribution in [-0.2, 0) is 4.74 Å². The minimum atomic E-state index is 0.0249. The van der Waals surface area contributed by atoms with Crippen LogP contribution in [0.4, 0.5) is 0 Å². The van der Waals surface area contributed by atoms with E-state index in [9.17, 15) is 0 Å². The molecule has 4 N–H and O–H groups in total. The molecule has 0 saturated carbocycles. The van der Waals surface area contributed by atoms with Gasteiger partial charge in [0.05, 0.1) is 30.6 Å². The fourth-order valence-corrected chi connectivity index (χ4v) is 2.40. The van der Waals surface area contributed by atoms with E-state index in [4.69, 9.17) is 10.5 Å². The highest BCUT2D eigenvalue weighted by Crippen LogP contribution is 2.20. The highest BCUT2D eigenvalue weighted by Gasteiger charge is 2.17. The largest absolute Gasteiger partial charge is 0.379 e. The predicted octanol–water partition coefficient (Wildman–Crippen LogP) is 0.941. The van der Waals surface area contributed by atoms with Crippen molar-refractivity contribution in [1.29, 1.82) is 0 Å². The summed E-state index contributed by atoms with van der Waals surface area (Å²) in [6.07, 6.45) is 2.59. The Morgan fingerprint density at radius 2 is 2.44 bits per heavy atom. The van der Waals surface area contributed by atoms with E-state index in [0.29, 0.717) is 6.04 Å². The van der Waals surface area contributed by atoms with Crippen LogP contribution >= 0.6 is 0 Å². The number of nitrogens with zero attached hydrogens (tertiary/aromatic N) is 1. The van der Waals surface area contributed by atoms with E-state index >= 15 is 0 Å². The first kappa shape index (κ1) is 11.6. The van der Waals surface area contributed by atoms with Crippen LogP contribution in [0.3, 0.4) is 0 Å². The van der Waals surface area contributed by atoms with Crippen LogP contribution < -0.4 is 11.1 Å². The maximum atomic E-state index is 6.26. The summed E-state index contributed by atoms with van der Waals surface area (Å²) in [6, 6.07) is 6.52. The van der Waals surface area contributed by atoms with Crippen LogP contribution in [0.5, 0.6) is 0 Å². The van der Waals surface area contributed by atoms with Crippen molar-refractivity contribution in [2.75, 3.05) is 19.8 Å². The van der Waals surface area contributed by atoms with Gasteiger partial charge in [-0.1, -0.05) is 6.07 Å². The van der Waals surface area contributed by atoms with Crippen LogP contribution in [0.2, 0.25) is 0 Å². The average Bonchev–Trinajstić information content (AvgIpc) is 2.87. The number of H-pyrrole nitrogens is 1. The molecule has 0 amide bonds. The number of nitrogens with two attached hydrogens (primary N) is 1. The summed E-state index contributed by atoms with van der Waals surface area (Å²) in [4.78, 5) is 7.32. The third kappa shape index (κ3) is 2.38. The number of ether oxygens (including phenoxy) is 1. The van der Waals surface area contributed by atoms with Crippen molar-refractivity contribution in [1.82, 2.24) is 15.3 Å². The van der Waals surface area contributed by atoms with Crippen molar-refractivity contribution < 1.29 is 4.74 Å². The molecule has 1 aromatic heterocycles. The lowest BCUT2D eigenvalue weighted by atomic mass is 9.99. The van der Waals surface area contributed by atoms with Crippen LogP contribution in [-0.4, -0.2) is 35.8 Å². The number of nitrogens with one attached hydrogen (secondary N) is 2. The zero-order valence-electron chi connectivity index (χ0n) is 10.2. The van der Waals surface area contributed by atoms with Gasteiger partial charge in [0.25, 0.3) is 0 Å². The van der Waals surface area contributed by atoms with Gasteiger partial charge in [0.15, 0.2) is 0 Å². The first-order valence-corrected chi connectivity index (χ1v) is 6.32. The molecule has 2 heterocycles. The fourth-order valence-electron chi connectivity index (χ4n) is 2.40. The Labute approximate surface area is 106 Å². The number of morpholine rings is 1. The van der Waals surface area contributed by atoms with Gasteiger partial charge in [-0.2, -0.15) is 0 Å². The zero-order chi connectivity index (χ0) is 12.4. The van der Waals surface area contributed by atoms with E-state index in [1.54, 1.807) is 6.33 Å². The topological polar surface area (TPSA) is 76.0 Å². The highest BCUT2D eigenvalue weighted by atomic mass is 16.5. The maximum Gasteiger partial charge on any atom is 0.0931 e. The second kappa shape index (κ2) is 5.06. The first-order valence-electron chi connectivity index (χ1n) is 6.32. The number of hydrogen-bond acceptors (Lipinski definition) is 4. The average molecular weight is 246 g/mol. The molecule has 5 nitrogen and oxygen atoms in total. The molecular formula is C13H18N4O. The predicted molar refractivity (Wildman–Crippen MR) is 70.2 cm³/mol. The Morgan fingerprint density at radius 3 is 3.28 bits per heavy atom. The van der Waals surface area contributed by atoms with Gasteiger partial charge >= 0.3 is 0 Å². The summed E-state index contributed by atoms with van der Waals surface area (Å²) in [7, 11) is 0. The molecule has 1 fully saturated rings. The minimum Gasteiger partial charge on any atom is -0.379 e. The molecule has 1 saturated heterocycles. The SMILES string of the molecule is NC(CC1COCCN1)c1ccc2nc[nH]c2c1. The van der Waals surface area contributed by atoms with Crippen molar-refractivity contribution in [2.45, 2.75) is 18.5 Å². The lowest BCUT2D eigenvalue weighted by Gasteiger charge is -2.26. The van der Waals surface area contributed by atoms with E-state index < -0.39 is 0 Å². The monoisotopic (exact) mass is 246 g/mol. The summed E-state index contributed by atoms with van der Waals surface area (Å²) in [5, 5.41) is 3.43. The lowest BCUT2D eigenvalue weighted by molar-refractivity contribution is 0.0720. The van der Waals surface area contributed by atoms with E-state index in [1.807, 2.05) is 6.07 Å². The van der Waals surface area contributed by atoms with Crippen LogP contribution in [0.15, 0.2) is 24.5 Å². The molecule has 2 atom stereocenters. The molecule has 18 heavy (non-hydrogen) atoms. The summed E-state index contributed by atoms with van der Waals surface area (Å²) < 4.78 is 5.44.